The highest BCUT2D eigenvalue weighted by Gasteiger charge is 2.39. The minimum absolute atomic E-state index is 0.158. The largest absolute Gasteiger partial charge is 0.497 e. The fraction of sp³-hybridized carbons (Fsp3) is 0.143. The lowest BCUT2D eigenvalue weighted by Gasteiger charge is -2.32. The van der Waals surface area contributed by atoms with Crippen molar-refractivity contribution in [2.75, 3.05) is 12.4 Å². The molecule has 2 N–H and O–H groups in total. The quantitative estimate of drug-likeness (QED) is 0.722. The first-order valence-corrected chi connectivity index (χ1v) is 9.43. The highest BCUT2D eigenvalue weighted by Crippen LogP contribution is 2.39. The molecule has 3 aromatic rings. The summed E-state index contributed by atoms with van der Waals surface area (Å²) in [5.41, 5.74) is 1.93. The van der Waals surface area contributed by atoms with Gasteiger partial charge in [-0.1, -0.05) is 30.3 Å². The van der Waals surface area contributed by atoms with Gasteiger partial charge in [0.25, 0.3) is 5.91 Å². The second-order valence-electron chi connectivity index (χ2n) is 6.25. The summed E-state index contributed by atoms with van der Waals surface area (Å²) in [6.45, 7) is 0. The molecule has 2 atom stereocenters. The fourth-order valence-electron chi connectivity index (χ4n) is 3.37. The van der Waals surface area contributed by atoms with Crippen LogP contribution in [-0.2, 0) is 4.79 Å². The van der Waals surface area contributed by atoms with E-state index in [2.05, 4.69) is 10.6 Å². The summed E-state index contributed by atoms with van der Waals surface area (Å²) in [5.74, 6) is -0.188. The third-order valence-electron chi connectivity index (χ3n) is 4.63. The fourth-order valence-corrected chi connectivity index (χ4v) is 4.19. The molecule has 1 aromatic heterocycles. The van der Waals surface area contributed by atoms with Crippen LogP contribution in [0.4, 0.5) is 5.69 Å². The molecule has 1 aliphatic heterocycles. The van der Waals surface area contributed by atoms with Crippen LogP contribution in [0.15, 0.2) is 66.0 Å². The topological polar surface area (TPSA) is 67.4 Å². The van der Waals surface area contributed by atoms with Gasteiger partial charge in [0.1, 0.15) is 5.75 Å². The predicted molar refractivity (Wildman–Crippen MR) is 105 cm³/mol. The van der Waals surface area contributed by atoms with Crippen molar-refractivity contribution in [3.05, 3.63) is 82.0 Å². The number of anilines is 1. The van der Waals surface area contributed by atoms with Crippen LogP contribution in [0.2, 0.25) is 0 Å². The number of hydrogen-bond donors (Lipinski definition) is 2. The average Bonchev–Trinajstić information content (AvgIpc) is 3.22. The zero-order valence-electron chi connectivity index (χ0n) is 14.6. The molecule has 2 unspecified atom stereocenters. The molecule has 6 heteroatoms. The van der Waals surface area contributed by atoms with Crippen molar-refractivity contribution in [1.29, 1.82) is 0 Å². The van der Waals surface area contributed by atoms with Gasteiger partial charge in [0.05, 0.1) is 19.1 Å². The Kier molecular flexibility index (Phi) is 4.64. The van der Waals surface area contributed by atoms with E-state index in [1.54, 1.807) is 25.3 Å². The maximum absolute atomic E-state index is 13.2. The van der Waals surface area contributed by atoms with Crippen LogP contribution in [0.1, 0.15) is 32.8 Å². The van der Waals surface area contributed by atoms with Crippen LogP contribution in [0, 0.1) is 0 Å². The lowest BCUT2D eigenvalue weighted by molar-refractivity contribution is -0.118. The van der Waals surface area contributed by atoms with Gasteiger partial charge in [-0.3, -0.25) is 9.59 Å². The number of nitrogens with one attached hydrogen (secondary N) is 2. The molecule has 0 bridgehead atoms. The lowest BCUT2D eigenvalue weighted by atomic mass is 9.83. The van der Waals surface area contributed by atoms with E-state index in [9.17, 15) is 9.59 Å². The highest BCUT2D eigenvalue weighted by molar-refractivity contribution is 7.10. The Morgan fingerprint density at radius 2 is 1.96 bits per heavy atom. The maximum Gasteiger partial charge on any atom is 0.252 e. The molecule has 136 valence electrons. The number of thiophene rings is 1. The number of ether oxygens (including phenoxy) is 1. The summed E-state index contributed by atoms with van der Waals surface area (Å²) in [7, 11) is 1.58. The summed E-state index contributed by atoms with van der Waals surface area (Å²) in [4.78, 5) is 26.7. The first kappa shape index (κ1) is 17.3. The molecule has 27 heavy (non-hydrogen) atoms. The van der Waals surface area contributed by atoms with E-state index < -0.39 is 12.0 Å². The lowest BCUT2D eigenvalue weighted by Crippen LogP contribution is -2.42. The van der Waals surface area contributed by atoms with Crippen LogP contribution < -0.4 is 15.4 Å². The molecule has 1 aliphatic rings. The monoisotopic (exact) mass is 378 g/mol. The van der Waals surface area contributed by atoms with Gasteiger partial charge in [-0.25, -0.2) is 0 Å². The van der Waals surface area contributed by atoms with Gasteiger partial charge in [-0.2, -0.15) is 0 Å². The van der Waals surface area contributed by atoms with Crippen LogP contribution in [0.5, 0.6) is 5.75 Å². The summed E-state index contributed by atoms with van der Waals surface area (Å²) >= 11 is 1.52. The standard InChI is InChI=1S/C21H18N2O3S/c1-26-14-7-4-6-13(12-14)22-21(25)18-15-8-2-3-9-16(15)20(24)23-19(18)17-10-5-11-27-17/h2-12,18-19H,1H3,(H,22,25)(H,23,24). The third-order valence-corrected chi connectivity index (χ3v) is 5.59. The minimum atomic E-state index is -0.524. The Balaban J connectivity index is 1.72. The number of methoxy groups -OCH3 is 1. The van der Waals surface area contributed by atoms with Gasteiger partial charge in [0.2, 0.25) is 5.91 Å². The van der Waals surface area contributed by atoms with Crippen molar-refractivity contribution >= 4 is 28.8 Å². The summed E-state index contributed by atoms with van der Waals surface area (Å²) < 4.78 is 5.23. The van der Waals surface area contributed by atoms with Crippen molar-refractivity contribution in [1.82, 2.24) is 5.32 Å². The van der Waals surface area contributed by atoms with Gasteiger partial charge in [0, 0.05) is 22.2 Å². The van der Waals surface area contributed by atoms with Gasteiger partial charge in [-0.05, 0) is 35.2 Å². The first-order chi connectivity index (χ1) is 13.2. The normalized spacial score (nSPS) is 18.3. The summed E-state index contributed by atoms with van der Waals surface area (Å²) in [6, 6.07) is 17.9. The number of hydrogen-bond acceptors (Lipinski definition) is 4. The summed E-state index contributed by atoms with van der Waals surface area (Å²) in [5, 5.41) is 7.91. The number of fused-ring (bicyclic) bond motifs is 1. The van der Waals surface area contributed by atoms with Crippen molar-refractivity contribution in [2.45, 2.75) is 12.0 Å². The maximum atomic E-state index is 13.2. The van der Waals surface area contributed by atoms with Crippen molar-refractivity contribution in [2.24, 2.45) is 0 Å². The zero-order valence-corrected chi connectivity index (χ0v) is 15.5. The Morgan fingerprint density at radius 3 is 2.74 bits per heavy atom. The highest BCUT2D eigenvalue weighted by atomic mass is 32.1. The third kappa shape index (κ3) is 3.31. The van der Waals surface area contributed by atoms with Crippen LogP contribution in [-0.4, -0.2) is 18.9 Å². The van der Waals surface area contributed by atoms with E-state index >= 15 is 0 Å². The molecule has 2 heterocycles. The number of carbonyl (C=O) groups is 2. The number of benzene rings is 2. The Labute approximate surface area is 161 Å². The van der Waals surface area contributed by atoms with Gasteiger partial charge >= 0.3 is 0 Å². The number of carbonyl (C=O) groups excluding carboxylic acids is 2. The molecule has 0 radical (unpaired) electrons. The van der Waals surface area contributed by atoms with Crippen LogP contribution in [0.3, 0.4) is 0 Å². The van der Waals surface area contributed by atoms with Crippen molar-refractivity contribution in [3.63, 3.8) is 0 Å². The molecule has 2 amide bonds. The second kappa shape index (κ2) is 7.25. The molecule has 0 spiro atoms. The zero-order chi connectivity index (χ0) is 18.8. The SMILES string of the molecule is COc1cccc(NC(=O)C2c3ccccc3C(=O)NC2c2cccs2)c1. The predicted octanol–water partition coefficient (Wildman–Crippen LogP) is 3.96. The molecule has 4 rings (SSSR count). The molecular weight excluding hydrogens is 360 g/mol. The molecule has 0 fully saturated rings. The molecule has 0 saturated heterocycles. The van der Waals surface area contributed by atoms with E-state index in [0.717, 1.165) is 10.4 Å². The van der Waals surface area contributed by atoms with Crippen LogP contribution in [0.25, 0.3) is 0 Å². The van der Waals surface area contributed by atoms with Crippen LogP contribution >= 0.6 is 11.3 Å². The Morgan fingerprint density at radius 1 is 1.11 bits per heavy atom. The average molecular weight is 378 g/mol. The van der Waals surface area contributed by atoms with Crippen molar-refractivity contribution in [3.8, 4) is 5.75 Å². The Hall–Kier alpha value is -3.12. The van der Waals surface area contributed by atoms with Gasteiger partial charge in [0.15, 0.2) is 0 Å². The Bertz CT molecular complexity index is 985. The van der Waals surface area contributed by atoms with E-state index in [0.29, 0.717) is 17.0 Å². The first-order valence-electron chi connectivity index (χ1n) is 8.55. The van der Waals surface area contributed by atoms with E-state index in [-0.39, 0.29) is 11.8 Å². The molecule has 5 nitrogen and oxygen atoms in total. The summed E-state index contributed by atoms with van der Waals surface area (Å²) in [6.07, 6.45) is 0. The van der Waals surface area contributed by atoms with Crippen molar-refractivity contribution < 1.29 is 14.3 Å². The minimum Gasteiger partial charge on any atom is -0.497 e. The van der Waals surface area contributed by atoms with Gasteiger partial charge in [-0.15, -0.1) is 11.3 Å². The number of amides is 2. The molecule has 0 aliphatic carbocycles. The second-order valence-corrected chi connectivity index (χ2v) is 7.23. The smallest absolute Gasteiger partial charge is 0.252 e. The molecule has 2 aromatic carbocycles. The van der Waals surface area contributed by atoms with E-state index in [1.807, 2.05) is 47.8 Å². The van der Waals surface area contributed by atoms with Gasteiger partial charge < -0.3 is 15.4 Å². The van der Waals surface area contributed by atoms with E-state index in [4.69, 9.17) is 4.74 Å². The molecule has 0 saturated carbocycles. The van der Waals surface area contributed by atoms with E-state index in [1.165, 1.54) is 11.3 Å². The molecular formula is C21H18N2O3S. The number of rotatable bonds is 4.